The molecule has 4 aromatic rings. The summed E-state index contributed by atoms with van der Waals surface area (Å²) in [5, 5.41) is 21.9. The Balaban J connectivity index is 1.31. The van der Waals surface area contributed by atoms with Crippen LogP contribution in [0.2, 0.25) is 0 Å². The lowest BCUT2D eigenvalue weighted by molar-refractivity contribution is -0.221. The van der Waals surface area contributed by atoms with Crippen molar-refractivity contribution in [3.8, 4) is 23.0 Å². The number of benzene rings is 2. The van der Waals surface area contributed by atoms with Crippen LogP contribution < -0.4 is 26.3 Å². The number of amides is 5. The highest BCUT2D eigenvalue weighted by Crippen LogP contribution is 2.42. The highest BCUT2D eigenvalue weighted by atomic mass is 19.4. The molecule has 84 heavy (non-hydrogen) atoms. The molecule has 0 spiro atoms. The number of halogens is 10. The van der Waals surface area contributed by atoms with Gasteiger partial charge in [-0.05, 0) is 115 Å². The number of nitrogens with zero attached hydrogens (tertiary/aromatic N) is 6. The number of fused-ring (bicyclic) bond motifs is 2. The molecule has 2 aromatic heterocycles. The monoisotopic (exact) mass is 1200 g/mol. The quantitative estimate of drug-likeness (QED) is 0.0275. The molecule has 2 fully saturated rings. The number of pyridine rings is 1. The first-order chi connectivity index (χ1) is 39.0. The predicted octanol–water partition coefficient (Wildman–Crippen LogP) is 8.15. The number of methoxy groups -OCH3 is 2. The Kier molecular flexibility index (Phi) is 20.2. The third-order valence-electron chi connectivity index (χ3n) is 14.3. The Morgan fingerprint density at radius 3 is 1.74 bits per heavy atom. The number of alkyl carbamates (subject to hydrolysis) is 2. The normalized spacial score (nSPS) is 17.1. The van der Waals surface area contributed by atoms with E-state index in [1.165, 1.54) is 24.3 Å². The van der Waals surface area contributed by atoms with E-state index < -0.39 is 120 Å². The van der Waals surface area contributed by atoms with Crippen molar-refractivity contribution in [1.82, 2.24) is 46.0 Å². The minimum absolute atomic E-state index is 0.0575. The molecule has 2 aliphatic heterocycles. The van der Waals surface area contributed by atoms with Crippen LogP contribution in [0.3, 0.4) is 0 Å². The van der Waals surface area contributed by atoms with E-state index in [9.17, 15) is 64.2 Å². The number of nitrogens with one attached hydrogen (secondary N) is 4. The SMILES string of the molecule is COC(=O)NC(C(=O)N[C@@H](Cc1ccc(C#Cc2ccc(N3CC4CCC(C3)N4C(=O)OC(C)(C)C)nc2)cc1)[C@@H](O)CN(Cc1c(F)cc(-c2cnn(C(F)F)c2)cc1F)NC(=O)C(NC(=O)OC)C(C)(C)C(F)(F)F)C(C)(C)C(F)(F)F. The summed E-state index contributed by atoms with van der Waals surface area (Å²) < 4.78 is 161. The summed E-state index contributed by atoms with van der Waals surface area (Å²) in [5.74, 6) is 0.547. The van der Waals surface area contributed by atoms with Crippen LogP contribution in [0.5, 0.6) is 0 Å². The van der Waals surface area contributed by atoms with E-state index in [2.05, 4.69) is 41.6 Å². The lowest BCUT2D eigenvalue weighted by Crippen LogP contribution is -2.63. The highest BCUT2D eigenvalue weighted by molar-refractivity contribution is 5.87. The van der Waals surface area contributed by atoms with Gasteiger partial charge >= 0.3 is 37.2 Å². The Bertz CT molecular complexity index is 3030. The average Bonchev–Trinajstić information content (AvgIpc) is 2.31. The van der Waals surface area contributed by atoms with Crippen LogP contribution >= 0.6 is 0 Å². The highest BCUT2D eigenvalue weighted by Gasteiger charge is 2.57. The number of aliphatic hydroxyl groups is 1. The first-order valence-electron chi connectivity index (χ1n) is 26.0. The van der Waals surface area contributed by atoms with Gasteiger partial charge in [-0.2, -0.15) is 40.2 Å². The van der Waals surface area contributed by atoms with Crippen LogP contribution in [0.1, 0.15) is 90.1 Å². The minimum atomic E-state index is -5.24. The van der Waals surface area contributed by atoms with Gasteiger partial charge in [0.1, 0.15) is 35.1 Å². The largest absolute Gasteiger partial charge is 0.453 e. The van der Waals surface area contributed by atoms with Gasteiger partial charge in [0.15, 0.2) is 0 Å². The fourth-order valence-electron chi connectivity index (χ4n) is 9.28. The Morgan fingerprint density at radius 2 is 1.26 bits per heavy atom. The van der Waals surface area contributed by atoms with Crippen molar-refractivity contribution in [1.29, 1.82) is 0 Å². The molecular weight excluding hydrogens is 1130 g/mol. The van der Waals surface area contributed by atoms with E-state index >= 15 is 8.78 Å². The van der Waals surface area contributed by atoms with Gasteiger partial charge in [0.2, 0.25) is 5.91 Å². The molecule has 0 aliphatic carbocycles. The van der Waals surface area contributed by atoms with Gasteiger partial charge in [0.25, 0.3) is 5.91 Å². The molecule has 6 atom stereocenters. The number of rotatable bonds is 18. The maximum atomic E-state index is 16.1. The number of piperazine rings is 1. The van der Waals surface area contributed by atoms with E-state index in [4.69, 9.17) is 4.74 Å². The Labute approximate surface area is 476 Å². The van der Waals surface area contributed by atoms with Crippen LogP contribution in [0, 0.1) is 34.3 Å². The lowest BCUT2D eigenvalue weighted by Gasteiger charge is -2.41. The van der Waals surface area contributed by atoms with Crippen molar-refractivity contribution < 1.29 is 87.2 Å². The molecule has 2 bridgehead atoms. The minimum Gasteiger partial charge on any atom is -0.453 e. The van der Waals surface area contributed by atoms with Gasteiger partial charge in [-0.15, -0.1) is 0 Å². The number of anilines is 1. The number of hydrogen-bond donors (Lipinski definition) is 5. The maximum absolute atomic E-state index is 16.1. The fraction of sp³-hybridized carbons (Fsp3) is 0.509. The van der Waals surface area contributed by atoms with Gasteiger partial charge in [0.05, 0.1) is 55.5 Å². The number of aromatic nitrogens is 3. The van der Waals surface area contributed by atoms with E-state index in [1.807, 2.05) is 31.5 Å². The van der Waals surface area contributed by atoms with Crippen molar-refractivity contribution in [2.24, 2.45) is 10.8 Å². The summed E-state index contributed by atoms with van der Waals surface area (Å²) in [6, 6.07) is 3.91. The number of carbonyl (C=O) groups excluding carboxylic acids is 5. The number of carbonyl (C=O) groups is 5. The Morgan fingerprint density at radius 1 is 0.738 bits per heavy atom. The number of aliphatic hydroxyl groups excluding tert-OH is 1. The first kappa shape index (κ1) is 65.3. The topological polar surface area (TPSA) is 222 Å². The van der Waals surface area contributed by atoms with Crippen molar-refractivity contribution >= 4 is 35.9 Å². The summed E-state index contributed by atoms with van der Waals surface area (Å²) in [6.45, 7) is 3.32. The molecule has 29 heteroatoms. The summed E-state index contributed by atoms with van der Waals surface area (Å²) in [6.07, 6.45) is -11.6. The lowest BCUT2D eigenvalue weighted by atomic mass is 9.82. The van der Waals surface area contributed by atoms with Crippen molar-refractivity contribution in [3.63, 3.8) is 0 Å². The van der Waals surface area contributed by atoms with Crippen LogP contribution in [0.15, 0.2) is 67.1 Å². The number of alkyl halides is 8. The van der Waals surface area contributed by atoms with Crippen LogP contribution in [-0.2, 0) is 36.8 Å². The standard InChI is InChI=1S/C55H64F10N10O9/c1-51(2,3)84-50(81)75-35-17-18-36(75)27-72(26-35)42-19-16-32(23-66-42)15-12-30-10-13-31(14-11-30)20-40(68-45(77)43(69-48(79)82-8)52(4,5)54(60,61)62)41(76)29-73(71-46(78)44(70-49(80)83-9)53(6,7)55(63,64)65)28-37-38(56)21-33(22-39(37)57)34-24-67-74(25-34)47(58)59/h10-11,13-14,16,19,21-25,35-36,40-41,43-44,47,76H,17-18,20,26-29H2,1-9H3,(H,68,77)(H,69,79)(H,70,80)(H,71,78)/t35?,36?,40-,41-,43?,44?/m0/s1. The van der Waals surface area contributed by atoms with Crippen LogP contribution in [-0.4, -0.2) is 148 Å². The molecule has 2 aliphatic rings. The average molecular weight is 1200 g/mol. The van der Waals surface area contributed by atoms with Gasteiger partial charge in [-0.3, -0.25) is 19.9 Å². The molecule has 2 aromatic carbocycles. The second kappa shape index (κ2) is 26.0. The molecule has 0 radical (unpaired) electrons. The molecular formula is C55H64F10N10O9. The molecule has 6 rings (SSSR count). The summed E-state index contributed by atoms with van der Waals surface area (Å²) >= 11 is 0. The zero-order chi connectivity index (χ0) is 62.4. The third kappa shape index (κ3) is 15.9. The van der Waals surface area contributed by atoms with E-state index in [0.717, 1.165) is 39.5 Å². The fourth-order valence-corrected chi connectivity index (χ4v) is 9.28. The third-order valence-corrected chi connectivity index (χ3v) is 14.3. The smallest absolute Gasteiger partial charge is 0.410 e. The van der Waals surface area contributed by atoms with Crippen molar-refractivity contribution in [2.75, 3.05) is 38.8 Å². The van der Waals surface area contributed by atoms with Gasteiger partial charge in [0, 0.05) is 60.8 Å². The molecule has 4 heterocycles. The van der Waals surface area contributed by atoms with E-state index in [1.54, 1.807) is 28.5 Å². The zero-order valence-corrected chi connectivity index (χ0v) is 47.0. The molecule has 0 saturated carbocycles. The molecule has 4 unspecified atom stereocenters. The number of hydrazine groups is 1. The summed E-state index contributed by atoms with van der Waals surface area (Å²) in [7, 11) is 1.59. The van der Waals surface area contributed by atoms with Gasteiger partial charge < -0.3 is 40.2 Å². The summed E-state index contributed by atoms with van der Waals surface area (Å²) in [4.78, 5) is 74.4. The van der Waals surface area contributed by atoms with Gasteiger partial charge in [-0.25, -0.2) is 37.8 Å². The van der Waals surface area contributed by atoms with Crippen LogP contribution in [0.4, 0.5) is 64.1 Å². The van der Waals surface area contributed by atoms with Crippen LogP contribution in [0.25, 0.3) is 11.1 Å². The van der Waals surface area contributed by atoms with Crippen molar-refractivity contribution in [2.45, 2.75) is 135 Å². The summed E-state index contributed by atoms with van der Waals surface area (Å²) in [5.41, 5.74) is -5.06. The number of ether oxygens (including phenoxy) is 3. The number of hydrogen-bond acceptors (Lipinski definition) is 13. The second-order valence-electron chi connectivity index (χ2n) is 22.3. The van der Waals surface area contributed by atoms with Gasteiger partial charge in [-0.1, -0.05) is 24.0 Å². The second-order valence-corrected chi connectivity index (χ2v) is 22.3. The molecule has 2 saturated heterocycles. The van der Waals surface area contributed by atoms with E-state index in [-0.39, 0.29) is 39.5 Å². The molecule has 5 amide bonds. The first-order valence-corrected chi connectivity index (χ1v) is 26.0. The van der Waals surface area contributed by atoms with Crippen molar-refractivity contribution in [3.05, 3.63) is 101 Å². The maximum Gasteiger partial charge on any atom is 0.410 e. The predicted molar refractivity (Wildman–Crippen MR) is 281 cm³/mol. The Hall–Kier alpha value is -7.87. The molecule has 19 nitrogen and oxygen atoms in total. The molecule has 5 N–H and O–H groups in total. The molecule has 458 valence electrons. The zero-order valence-electron chi connectivity index (χ0n) is 47.0. The van der Waals surface area contributed by atoms with E-state index in [0.29, 0.717) is 74.9 Å².